The Morgan fingerprint density at radius 1 is 0.932 bits per heavy atom. The molecule has 0 aliphatic carbocycles. The Kier molecular flexibility index (Phi) is 11.0. The Labute approximate surface area is 255 Å². The molecule has 1 fully saturated rings. The number of halogens is 3. The maximum absolute atomic E-state index is 13.1. The zero-order valence-electron chi connectivity index (χ0n) is 25.4. The molecule has 0 spiro atoms. The molecule has 0 atom stereocenters. The van der Waals surface area contributed by atoms with Crippen LogP contribution in [0.1, 0.15) is 57.8 Å². The fraction of sp³-hybridized carbons (Fsp3) is 0.364. The predicted molar refractivity (Wildman–Crippen MR) is 165 cm³/mol. The van der Waals surface area contributed by atoms with E-state index in [4.69, 9.17) is 4.98 Å². The first-order valence-electron chi connectivity index (χ1n) is 14.5. The fourth-order valence-electron chi connectivity index (χ4n) is 4.82. The molecule has 0 radical (unpaired) electrons. The van der Waals surface area contributed by atoms with Crippen molar-refractivity contribution in [3.8, 4) is 11.8 Å². The van der Waals surface area contributed by atoms with Crippen LogP contribution in [0.15, 0.2) is 49.1 Å². The van der Waals surface area contributed by atoms with Crippen molar-refractivity contribution in [2.45, 2.75) is 39.4 Å². The van der Waals surface area contributed by atoms with Crippen molar-refractivity contribution < 1.29 is 18.0 Å². The standard InChI is InChI=1S/C19H16N4O.C14H20F3N3/c1-3-16-17(4-2)23-19-15(10-21-11-18(19)22-16)6-5-13-7-14(12-24)9-20-8-13;1-18-12-4-3-11(13(9-12)14(15,16)17)10-20-7-5-19(2)6-8-20/h7-12H,3-4H2,1-2H3;3-4,9,18H,5-8,10H2,1-2H3. The van der Waals surface area contributed by atoms with Gasteiger partial charge in [0.05, 0.1) is 28.7 Å². The Hall–Kier alpha value is -4.40. The van der Waals surface area contributed by atoms with Gasteiger partial charge in [-0.3, -0.25) is 19.7 Å². The van der Waals surface area contributed by atoms with Crippen molar-refractivity contribution in [3.63, 3.8) is 0 Å². The lowest BCUT2D eigenvalue weighted by Crippen LogP contribution is -2.44. The van der Waals surface area contributed by atoms with E-state index in [1.54, 1.807) is 43.8 Å². The van der Waals surface area contributed by atoms with Gasteiger partial charge in [0.15, 0.2) is 6.29 Å². The van der Waals surface area contributed by atoms with Crippen LogP contribution in [-0.4, -0.2) is 76.3 Å². The number of hydrogen-bond acceptors (Lipinski definition) is 8. The molecule has 0 amide bonds. The van der Waals surface area contributed by atoms with Crippen LogP contribution in [0.2, 0.25) is 0 Å². The van der Waals surface area contributed by atoms with E-state index in [-0.39, 0.29) is 0 Å². The number of aldehydes is 1. The Balaban J connectivity index is 0.000000204. The van der Waals surface area contributed by atoms with Crippen molar-refractivity contribution in [1.29, 1.82) is 0 Å². The summed E-state index contributed by atoms with van der Waals surface area (Å²) < 4.78 is 39.4. The van der Waals surface area contributed by atoms with Gasteiger partial charge in [-0.1, -0.05) is 31.8 Å². The highest BCUT2D eigenvalue weighted by molar-refractivity contribution is 5.80. The average molecular weight is 604 g/mol. The third-order valence-electron chi connectivity index (χ3n) is 7.33. The second kappa shape index (κ2) is 14.9. The first kappa shape index (κ1) is 32.5. The molecule has 44 heavy (non-hydrogen) atoms. The summed E-state index contributed by atoms with van der Waals surface area (Å²) in [7, 11) is 3.65. The average Bonchev–Trinajstić information content (AvgIpc) is 3.04. The third-order valence-corrected chi connectivity index (χ3v) is 7.33. The summed E-state index contributed by atoms with van der Waals surface area (Å²) in [6.45, 7) is 7.90. The second-order valence-corrected chi connectivity index (χ2v) is 10.5. The van der Waals surface area contributed by atoms with Gasteiger partial charge in [0.2, 0.25) is 0 Å². The number of nitrogens with one attached hydrogen (secondary N) is 1. The van der Waals surface area contributed by atoms with Crippen molar-refractivity contribution in [3.05, 3.63) is 88.3 Å². The van der Waals surface area contributed by atoms with E-state index < -0.39 is 11.7 Å². The molecule has 4 aromatic rings. The summed E-state index contributed by atoms with van der Waals surface area (Å²) >= 11 is 0. The van der Waals surface area contributed by atoms with E-state index in [2.05, 4.69) is 55.8 Å². The molecule has 1 aliphatic heterocycles. The Morgan fingerprint density at radius 2 is 1.64 bits per heavy atom. The number of rotatable bonds is 6. The smallest absolute Gasteiger partial charge is 0.388 e. The molecule has 1 N–H and O–H groups in total. The van der Waals surface area contributed by atoms with E-state index in [0.29, 0.717) is 34.5 Å². The van der Waals surface area contributed by atoms with Crippen LogP contribution >= 0.6 is 0 Å². The molecule has 4 heterocycles. The number of pyridine rings is 2. The second-order valence-electron chi connectivity index (χ2n) is 10.5. The number of hydrogen-bond donors (Lipinski definition) is 1. The van der Waals surface area contributed by atoms with Crippen molar-refractivity contribution in [2.24, 2.45) is 0 Å². The number of fused-ring (bicyclic) bond motifs is 1. The minimum atomic E-state index is -4.31. The highest BCUT2D eigenvalue weighted by Gasteiger charge is 2.34. The van der Waals surface area contributed by atoms with Gasteiger partial charge in [0.1, 0.15) is 11.0 Å². The zero-order chi connectivity index (χ0) is 31.7. The molecule has 1 saturated heterocycles. The minimum Gasteiger partial charge on any atom is -0.388 e. The molecule has 3 aromatic heterocycles. The van der Waals surface area contributed by atoms with E-state index in [1.165, 1.54) is 12.3 Å². The quantitative estimate of drug-likeness (QED) is 0.236. The first-order chi connectivity index (χ1) is 21.1. The summed E-state index contributed by atoms with van der Waals surface area (Å²) in [6.07, 6.45) is 4.63. The largest absolute Gasteiger partial charge is 0.416 e. The number of carbonyl (C=O) groups excluding carboxylic acids is 1. The van der Waals surface area contributed by atoms with E-state index in [1.807, 2.05) is 7.05 Å². The van der Waals surface area contributed by atoms with Gasteiger partial charge in [-0.2, -0.15) is 13.2 Å². The summed E-state index contributed by atoms with van der Waals surface area (Å²) in [6, 6.07) is 6.16. The van der Waals surface area contributed by atoms with Crippen LogP contribution in [0.3, 0.4) is 0 Å². The molecule has 0 bridgehead atoms. The fourth-order valence-corrected chi connectivity index (χ4v) is 4.82. The van der Waals surface area contributed by atoms with Crippen LogP contribution in [0.4, 0.5) is 18.9 Å². The van der Waals surface area contributed by atoms with Crippen LogP contribution in [0, 0.1) is 11.8 Å². The number of nitrogens with zero attached hydrogens (tertiary/aromatic N) is 6. The summed E-state index contributed by atoms with van der Waals surface area (Å²) in [5.74, 6) is 6.09. The lowest BCUT2D eigenvalue weighted by atomic mass is 10.0. The predicted octanol–water partition coefficient (Wildman–Crippen LogP) is 5.25. The molecule has 0 unspecified atom stereocenters. The minimum absolute atomic E-state index is 0.348. The van der Waals surface area contributed by atoms with Crippen molar-refractivity contribution in [2.75, 3.05) is 45.6 Å². The maximum atomic E-state index is 13.1. The van der Waals surface area contributed by atoms with Gasteiger partial charge >= 0.3 is 6.18 Å². The summed E-state index contributed by atoms with van der Waals surface area (Å²) in [5, 5.41) is 2.76. The molecule has 11 heteroatoms. The topological polar surface area (TPSA) is 87.1 Å². The molecular weight excluding hydrogens is 567 g/mol. The van der Waals surface area contributed by atoms with Gasteiger partial charge in [-0.05, 0) is 43.7 Å². The van der Waals surface area contributed by atoms with Crippen LogP contribution in [0.25, 0.3) is 11.0 Å². The van der Waals surface area contributed by atoms with Crippen LogP contribution in [-0.2, 0) is 25.6 Å². The lowest BCUT2D eigenvalue weighted by molar-refractivity contribution is -0.138. The SMILES string of the molecule is CCc1nc2cncc(C#Cc3cncc(C=O)c3)c2nc1CC.CNc1ccc(CN2CCN(C)CC2)c(C(F)(F)F)c1. The van der Waals surface area contributed by atoms with E-state index >= 15 is 0 Å². The Bertz CT molecular complexity index is 1660. The number of aromatic nitrogens is 4. The number of likely N-dealkylation sites (N-methyl/N-ethyl adjacent to an activating group) is 1. The summed E-state index contributed by atoms with van der Waals surface area (Å²) in [5.41, 5.74) is 5.67. The van der Waals surface area contributed by atoms with E-state index in [9.17, 15) is 18.0 Å². The zero-order valence-corrected chi connectivity index (χ0v) is 25.4. The normalized spacial score (nSPS) is 13.9. The third kappa shape index (κ3) is 8.36. The number of benzene rings is 1. The maximum Gasteiger partial charge on any atom is 0.416 e. The van der Waals surface area contributed by atoms with Gasteiger partial charge in [-0.25, -0.2) is 9.97 Å². The van der Waals surface area contributed by atoms with Gasteiger partial charge in [0, 0.05) is 75.2 Å². The molecule has 1 aromatic carbocycles. The highest BCUT2D eigenvalue weighted by Crippen LogP contribution is 2.34. The van der Waals surface area contributed by atoms with Crippen molar-refractivity contribution >= 4 is 23.0 Å². The number of piperazine rings is 1. The number of aryl methyl sites for hydroxylation is 2. The molecule has 0 saturated carbocycles. The number of carbonyl (C=O) groups is 1. The lowest BCUT2D eigenvalue weighted by Gasteiger charge is -2.33. The molecule has 5 rings (SSSR count). The number of alkyl halides is 3. The molecule has 8 nitrogen and oxygen atoms in total. The van der Waals surface area contributed by atoms with Crippen LogP contribution < -0.4 is 5.32 Å². The molecule has 1 aliphatic rings. The number of anilines is 1. The van der Waals surface area contributed by atoms with Crippen molar-refractivity contribution in [1.82, 2.24) is 29.7 Å². The van der Waals surface area contributed by atoms with Gasteiger partial charge in [0.25, 0.3) is 0 Å². The van der Waals surface area contributed by atoms with Gasteiger partial charge in [-0.15, -0.1) is 0 Å². The molecular formula is C33H36F3N7O. The monoisotopic (exact) mass is 603 g/mol. The Morgan fingerprint density at radius 3 is 2.30 bits per heavy atom. The summed E-state index contributed by atoms with van der Waals surface area (Å²) in [4.78, 5) is 32.7. The van der Waals surface area contributed by atoms with Crippen LogP contribution in [0.5, 0.6) is 0 Å². The highest BCUT2D eigenvalue weighted by atomic mass is 19.4. The van der Waals surface area contributed by atoms with Gasteiger partial charge < -0.3 is 10.2 Å². The molecule has 230 valence electrons. The van der Waals surface area contributed by atoms with E-state index in [0.717, 1.165) is 67.7 Å². The first-order valence-corrected chi connectivity index (χ1v) is 14.5.